The van der Waals surface area contributed by atoms with Crippen LogP contribution in [-0.2, 0) is 19.4 Å². The Bertz CT molecular complexity index is 1490. The van der Waals surface area contributed by atoms with Gasteiger partial charge in [0.1, 0.15) is 0 Å². The molecule has 0 aliphatic carbocycles. The molecular formula is C31H35N5O5. The van der Waals surface area contributed by atoms with Crippen LogP contribution in [0.3, 0.4) is 0 Å². The fraction of sp³-hybridized carbons (Fsp3) is 0.323. The van der Waals surface area contributed by atoms with E-state index in [1.165, 1.54) is 16.7 Å². The highest BCUT2D eigenvalue weighted by Gasteiger charge is 2.19. The van der Waals surface area contributed by atoms with E-state index in [4.69, 9.17) is 23.7 Å². The first-order valence-electron chi connectivity index (χ1n) is 13.4. The average Bonchev–Trinajstić information content (AvgIpc) is 3.50. The van der Waals surface area contributed by atoms with Crippen molar-refractivity contribution in [2.75, 3.05) is 48.6 Å². The maximum Gasteiger partial charge on any atom is 0.203 e. The number of rotatable bonds is 11. The third-order valence-corrected chi connectivity index (χ3v) is 7.30. The Balaban J connectivity index is 1.24. The van der Waals surface area contributed by atoms with Crippen LogP contribution in [0.15, 0.2) is 48.5 Å². The van der Waals surface area contributed by atoms with Crippen molar-refractivity contribution in [1.82, 2.24) is 25.1 Å². The van der Waals surface area contributed by atoms with Crippen LogP contribution in [0.25, 0.3) is 17.8 Å². The molecule has 5 rings (SSSR count). The van der Waals surface area contributed by atoms with Crippen molar-refractivity contribution in [3.05, 3.63) is 76.6 Å². The summed E-state index contributed by atoms with van der Waals surface area (Å²) in [4.78, 5) is 2.48. The van der Waals surface area contributed by atoms with Crippen molar-refractivity contribution >= 4 is 12.2 Å². The molecule has 0 amide bonds. The molecular weight excluding hydrogens is 522 g/mol. The van der Waals surface area contributed by atoms with Gasteiger partial charge in [-0.25, -0.2) is 0 Å². The summed E-state index contributed by atoms with van der Waals surface area (Å²) < 4.78 is 29.0. The van der Waals surface area contributed by atoms with Gasteiger partial charge in [0.15, 0.2) is 28.8 Å². The Hall–Kier alpha value is -4.57. The first-order chi connectivity index (χ1) is 20.1. The van der Waals surface area contributed by atoms with Gasteiger partial charge in [-0.05, 0) is 88.0 Å². The Kier molecular flexibility index (Phi) is 8.69. The average molecular weight is 558 g/mol. The van der Waals surface area contributed by atoms with Crippen LogP contribution in [-0.4, -0.2) is 73.7 Å². The van der Waals surface area contributed by atoms with Gasteiger partial charge in [-0.15, -0.1) is 5.10 Å². The fourth-order valence-corrected chi connectivity index (χ4v) is 5.07. The van der Waals surface area contributed by atoms with Gasteiger partial charge < -0.3 is 23.7 Å². The van der Waals surface area contributed by atoms with Crippen molar-refractivity contribution < 1.29 is 23.7 Å². The lowest BCUT2D eigenvalue weighted by Gasteiger charge is -2.29. The topological polar surface area (TPSA) is 93.0 Å². The van der Waals surface area contributed by atoms with Gasteiger partial charge in [0, 0.05) is 19.6 Å². The van der Waals surface area contributed by atoms with E-state index in [1.54, 1.807) is 40.2 Å². The largest absolute Gasteiger partial charge is 0.493 e. The molecule has 41 heavy (non-hydrogen) atoms. The summed E-state index contributed by atoms with van der Waals surface area (Å²) in [6.07, 6.45) is 5.71. The lowest BCUT2D eigenvalue weighted by molar-refractivity contribution is 0.255. The third-order valence-electron chi connectivity index (χ3n) is 7.30. The van der Waals surface area contributed by atoms with E-state index in [0.717, 1.165) is 55.2 Å². The summed E-state index contributed by atoms with van der Waals surface area (Å²) in [6.45, 7) is 2.90. The van der Waals surface area contributed by atoms with E-state index in [-0.39, 0.29) is 0 Å². The highest BCUT2D eigenvalue weighted by Crippen LogP contribution is 2.38. The highest BCUT2D eigenvalue weighted by molar-refractivity contribution is 5.71. The third kappa shape index (κ3) is 6.12. The summed E-state index contributed by atoms with van der Waals surface area (Å²) in [5, 5.41) is 12.3. The molecule has 0 unspecified atom stereocenters. The zero-order chi connectivity index (χ0) is 28.8. The lowest BCUT2D eigenvalue weighted by Crippen LogP contribution is -2.32. The maximum absolute atomic E-state index is 5.50. The molecule has 0 saturated heterocycles. The molecule has 10 nitrogen and oxygen atoms in total. The molecule has 10 heteroatoms. The standard InChI is InChI=1S/C31H35N5O5/c1-37-26-18-23-13-15-35(20-24(23)19-27(26)38-2)14-12-21-6-9-25(10-7-21)36-30(32-33-34-36)11-8-22-16-28(39-3)31(41-5)29(17-22)40-4/h6-11,16-19H,12-15,20H2,1-5H3/b11-8+. The molecule has 1 aliphatic rings. The van der Waals surface area contributed by atoms with Crippen LogP contribution >= 0.6 is 0 Å². The monoisotopic (exact) mass is 557 g/mol. The number of benzene rings is 3. The minimum atomic E-state index is 0.545. The molecule has 4 aromatic rings. The first kappa shape index (κ1) is 28.0. The van der Waals surface area contributed by atoms with Crippen molar-refractivity contribution in [3.63, 3.8) is 0 Å². The molecule has 0 atom stereocenters. The van der Waals surface area contributed by atoms with Gasteiger partial charge in [0.2, 0.25) is 5.75 Å². The van der Waals surface area contributed by atoms with E-state index in [0.29, 0.717) is 23.1 Å². The van der Waals surface area contributed by atoms with Crippen LogP contribution in [0.1, 0.15) is 28.1 Å². The Morgan fingerprint density at radius 3 is 2.05 bits per heavy atom. The predicted octanol–water partition coefficient (Wildman–Crippen LogP) is 4.48. The van der Waals surface area contributed by atoms with E-state index < -0.39 is 0 Å². The summed E-state index contributed by atoms with van der Waals surface area (Å²) in [6, 6.07) is 16.3. The molecule has 0 bridgehead atoms. The Labute approximate surface area is 240 Å². The van der Waals surface area contributed by atoms with Crippen molar-refractivity contribution in [3.8, 4) is 34.4 Å². The van der Waals surface area contributed by atoms with Crippen LogP contribution in [0.2, 0.25) is 0 Å². The van der Waals surface area contributed by atoms with E-state index in [2.05, 4.69) is 44.7 Å². The summed E-state index contributed by atoms with van der Waals surface area (Å²) in [5.74, 6) is 3.88. The SMILES string of the molecule is COc1cc2c(cc1OC)CN(CCc1ccc(-n3nnnc3/C=C/c3cc(OC)c(OC)c(OC)c3)cc1)CC2. The number of nitrogens with zero attached hydrogens (tertiary/aromatic N) is 5. The minimum absolute atomic E-state index is 0.545. The summed E-state index contributed by atoms with van der Waals surface area (Å²) >= 11 is 0. The molecule has 2 heterocycles. The maximum atomic E-state index is 5.50. The van der Waals surface area contributed by atoms with E-state index in [9.17, 15) is 0 Å². The number of hydrogen-bond donors (Lipinski definition) is 0. The number of hydrogen-bond acceptors (Lipinski definition) is 9. The van der Waals surface area contributed by atoms with Gasteiger partial charge in [-0.3, -0.25) is 4.90 Å². The smallest absolute Gasteiger partial charge is 0.203 e. The number of fused-ring (bicyclic) bond motifs is 1. The predicted molar refractivity (Wildman–Crippen MR) is 156 cm³/mol. The number of methoxy groups -OCH3 is 5. The van der Waals surface area contributed by atoms with Crippen molar-refractivity contribution in [2.45, 2.75) is 19.4 Å². The molecule has 1 aromatic heterocycles. The van der Waals surface area contributed by atoms with Crippen LogP contribution < -0.4 is 23.7 Å². The molecule has 0 fully saturated rings. The fourth-order valence-electron chi connectivity index (χ4n) is 5.07. The zero-order valence-corrected chi connectivity index (χ0v) is 24.1. The van der Waals surface area contributed by atoms with Gasteiger partial charge in [0.25, 0.3) is 0 Å². The summed E-state index contributed by atoms with van der Waals surface area (Å²) in [7, 11) is 8.13. The molecule has 0 radical (unpaired) electrons. The number of tetrazole rings is 1. The zero-order valence-electron chi connectivity index (χ0n) is 24.1. The molecule has 0 saturated carbocycles. The Morgan fingerprint density at radius 1 is 0.756 bits per heavy atom. The van der Waals surface area contributed by atoms with Crippen LogP contribution in [0, 0.1) is 0 Å². The molecule has 0 spiro atoms. The Morgan fingerprint density at radius 2 is 1.41 bits per heavy atom. The second-order valence-electron chi connectivity index (χ2n) is 9.66. The lowest BCUT2D eigenvalue weighted by atomic mass is 9.98. The van der Waals surface area contributed by atoms with E-state index in [1.807, 2.05) is 36.4 Å². The normalized spacial score (nSPS) is 13.2. The molecule has 1 aliphatic heterocycles. The summed E-state index contributed by atoms with van der Waals surface area (Å²) in [5.41, 5.74) is 5.64. The van der Waals surface area contributed by atoms with Gasteiger partial charge in [0.05, 0.1) is 41.2 Å². The van der Waals surface area contributed by atoms with Gasteiger partial charge in [-0.1, -0.05) is 18.2 Å². The van der Waals surface area contributed by atoms with E-state index >= 15 is 0 Å². The van der Waals surface area contributed by atoms with Gasteiger partial charge in [-0.2, -0.15) is 4.68 Å². The molecule has 3 aromatic carbocycles. The number of ether oxygens (including phenoxy) is 5. The quantitative estimate of drug-likeness (QED) is 0.265. The molecule has 0 N–H and O–H groups in total. The first-order valence-corrected chi connectivity index (χ1v) is 13.4. The minimum Gasteiger partial charge on any atom is -0.493 e. The number of aromatic nitrogens is 4. The highest BCUT2D eigenvalue weighted by atomic mass is 16.5. The van der Waals surface area contributed by atoms with Gasteiger partial charge >= 0.3 is 0 Å². The second kappa shape index (κ2) is 12.7. The van der Waals surface area contributed by atoms with Crippen molar-refractivity contribution in [2.24, 2.45) is 0 Å². The van der Waals surface area contributed by atoms with Crippen molar-refractivity contribution in [1.29, 1.82) is 0 Å². The second-order valence-corrected chi connectivity index (χ2v) is 9.66. The van der Waals surface area contributed by atoms with Crippen LogP contribution in [0.4, 0.5) is 0 Å². The van der Waals surface area contributed by atoms with Crippen LogP contribution in [0.5, 0.6) is 28.7 Å². The molecule has 214 valence electrons.